The maximum Gasteiger partial charge on any atom is 0.152 e. The number of aromatic nitrogens is 3. The van der Waals surface area contributed by atoms with Crippen LogP contribution >= 0.6 is 11.6 Å². The number of benzene rings is 1. The monoisotopic (exact) mass is 317 g/mol. The molecule has 0 unspecified atom stereocenters. The molecule has 22 heavy (non-hydrogen) atoms. The van der Waals surface area contributed by atoms with Gasteiger partial charge in [0, 0.05) is 30.1 Å². The van der Waals surface area contributed by atoms with Crippen LogP contribution in [0.5, 0.6) is 0 Å². The number of halogens is 1. The fraction of sp³-hybridized carbons (Fsp3) is 0.353. The lowest BCUT2D eigenvalue weighted by atomic mass is 10.1. The first-order valence-corrected chi connectivity index (χ1v) is 8.02. The van der Waals surface area contributed by atoms with Crippen LogP contribution < -0.4 is 0 Å². The predicted molar refractivity (Wildman–Crippen MR) is 89.2 cm³/mol. The molecule has 3 rings (SSSR count). The summed E-state index contributed by atoms with van der Waals surface area (Å²) in [7, 11) is 0. The van der Waals surface area contributed by atoms with E-state index >= 15 is 0 Å². The summed E-state index contributed by atoms with van der Waals surface area (Å²) in [5.41, 5.74) is 3.00. The second kappa shape index (κ2) is 6.55. The number of H-pyrrole nitrogens is 1. The van der Waals surface area contributed by atoms with E-state index in [4.69, 9.17) is 11.6 Å². The third-order valence-corrected chi connectivity index (χ3v) is 4.32. The quantitative estimate of drug-likeness (QED) is 0.724. The summed E-state index contributed by atoms with van der Waals surface area (Å²) in [6, 6.07) is 8.28. The second-order valence-corrected chi connectivity index (χ2v) is 5.83. The molecule has 5 heteroatoms. The molecule has 0 atom stereocenters. The highest BCUT2D eigenvalue weighted by atomic mass is 35.5. The number of fused-ring (bicyclic) bond motifs is 1. The lowest BCUT2D eigenvalue weighted by molar-refractivity contribution is 0.271. The van der Waals surface area contributed by atoms with Crippen LogP contribution in [0.4, 0.5) is 0 Å². The number of hydrogen-bond acceptors (Lipinski definition) is 2. The topological polar surface area (TPSA) is 53.8 Å². The van der Waals surface area contributed by atoms with Gasteiger partial charge in [0.15, 0.2) is 5.15 Å². The van der Waals surface area contributed by atoms with E-state index in [1.54, 1.807) is 0 Å². The van der Waals surface area contributed by atoms with Crippen molar-refractivity contribution in [2.75, 3.05) is 0 Å². The summed E-state index contributed by atoms with van der Waals surface area (Å²) >= 11 is 6.19. The number of aromatic amines is 1. The van der Waals surface area contributed by atoms with Crippen LogP contribution in [-0.4, -0.2) is 19.6 Å². The van der Waals surface area contributed by atoms with Gasteiger partial charge >= 0.3 is 0 Å². The summed E-state index contributed by atoms with van der Waals surface area (Å²) in [6.45, 7) is 2.73. The molecule has 0 aliphatic carbocycles. The highest BCUT2D eigenvalue weighted by Gasteiger charge is 2.16. The number of nitrogens with one attached hydrogen (secondary N) is 1. The van der Waals surface area contributed by atoms with Gasteiger partial charge in [0.05, 0.1) is 12.3 Å². The second-order valence-electron chi connectivity index (χ2n) is 5.47. The minimum atomic E-state index is -0.0962. The Hall–Kier alpha value is -1.78. The molecule has 0 aliphatic heterocycles. The Morgan fingerprint density at radius 2 is 2.18 bits per heavy atom. The highest BCUT2D eigenvalue weighted by molar-refractivity contribution is 6.30. The zero-order valence-electron chi connectivity index (χ0n) is 12.6. The maximum atomic E-state index is 9.64. The molecule has 2 aromatic heterocycles. The Morgan fingerprint density at radius 1 is 1.32 bits per heavy atom. The molecule has 116 valence electrons. The third-order valence-electron chi connectivity index (χ3n) is 4.02. The summed E-state index contributed by atoms with van der Waals surface area (Å²) in [5, 5.41) is 11.2. The van der Waals surface area contributed by atoms with Gasteiger partial charge in [0.1, 0.15) is 5.82 Å². The standard InChI is InChI=1S/C17H20ClN3O/c1-2-3-7-16-20-17(18)15(11-22)21(16)10-12-5-4-6-14-13(12)8-9-19-14/h4-6,8-9,19,22H,2-3,7,10-11H2,1H3. The number of nitrogens with zero attached hydrogens (tertiary/aromatic N) is 2. The SMILES string of the molecule is CCCCc1nc(Cl)c(CO)n1Cc1cccc2[nH]ccc12. The lowest BCUT2D eigenvalue weighted by Gasteiger charge is -2.12. The number of unbranched alkanes of at least 4 members (excludes halogenated alkanes) is 1. The zero-order valence-corrected chi connectivity index (χ0v) is 13.4. The molecular formula is C17H20ClN3O. The number of rotatable bonds is 6. The molecule has 0 spiro atoms. The van der Waals surface area contributed by atoms with Crippen molar-refractivity contribution >= 4 is 22.5 Å². The van der Waals surface area contributed by atoms with Crippen LogP contribution in [0.25, 0.3) is 10.9 Å². The van der Waals surface area contributed by atoms with Gasteiger partial charge in [-0.25, -0.2) is 4.98 Å². The van der Waals surface area contributed by atoms with E-state index in [0.29, 0.717) is 17.4 Å². The lowest BCUT2D eigenvalue weighted by Crippen LogP contribution is -2.09. The molecule has 0 amide bonds. The minimum Gasteiger partial charge on any atom is -0.390 e. The molecule has 2 heterocycles. The Kier molecular flexibility index (Phi) is 4.50. The van der Waals surface area contributed by atoms with Gasteiger partial charge in [-0.1, -0.05) is 37.1 Å². The largest absolute Gasteiger partial charge is 0.390 e. The van der Waals surface area contributed by atoms with Crippen molar-refractivity contribution < 1.29 is 5.11 Å². The van der Waals surface area contributed by atoms with E-state index in [9.17, 15) is 5.11 Å². The minimum absolute atomic E-state index is 0.0962. The molecule has 0 saturated heterocycles. The molecule has 2 N–H and O–H groups in total. The third kappa shape index (κ3) is 2.76. The van der Waals surface area contributed by atoms with Crippen LogP contribution in [0, 0.1) is 0 Å². The van der Waals surface area contributed by atoms with Gasteiger partial charge in [-0.3, -0.25) is 0 Å². The Morgan fingerprint density at radius 3 is 2.95 bits per heavy atom. The number of aryl methyl sites for hydroxylation is 1. The van der Waals surface area contributed by atoms with Gasteiger partial charge < -0.3 is 14.7 Å². The van der Waals surface area contributed by atoms with E-state index in [0.717, 1.165) is 30.6 Å². The van der Waals surface area contributed by atoms with Crippen molar-refractivity contribution in [1.82, 2.24) is 14.5 Å². The molecular weight excluding hydrogens is 298 g/mol. The molecule has 3 aromatic rings. The van der Waals surface area contributed by atoms with Gasteiger partial charge in [-0.15, -0.1) is 0 Å². The normalized spacial score (nSPS) is 11.4. The van der Waals surface area contributed by atoms with E-state index in [-0.39, 0.29) is 6.61 Å². The predicted octanol–water partition coefficient (Wildman–Crippen LogP) is 3.90. The number of hydrogen-bond donors (Lipinski definition) is 2. The molecule has 0 aliphatic rings. The fourth-order valence-corrected chi connectivity index (χ4v) is 3.09. The van der Waals surface area contributed by atoms with Crippen molar-refractivity contribution in [3.8, 4) is 0 Å². The van der Waals surface area contributed by atoms with E-state index < -0.39 is 0 Å². The molecule has 0 fully saturated rings. The average Bonchev–Trinajstić information content (AvgIpc) is 3.10. The first kappa shape index (κ1) is 15.1. The van der Waals surface area contributed by atoms with Crippen molar-refractivity contribution in [2.45, 2.75) is 39.3 Å². The first-order chi connectivity index (χ1) is 10.7. The van der Waals surface area contributed by atoms with E-state index in [2.05, 4.69) is 39.7 Å². The highest BCUT2D eigenvalue weighted by Crippen LogP contribution is 2.24. The molecule has 0 saturated carbocycles. The zero-order chi connectivity index (χ0) is 15.5. The maximum absolute atomic E-state index is 9.64. The summed E-state index contributed by atoms with van der Waals surface area (Å²) in [5.74, 6) is 0.948. The van der Waals surface area contributed by atoms with E-state index in [1.165, 1.54) is 10.9 Å². The number of aliphatic hydroxyl groups is 1. The number of aliphatic hydroxyl groups excluding tert-OH is 1. The smallest absolute Gasteiger partial charge is 0.152 e. The summed E-state index contributed by atoms with van der Waals surface area (Å²) in [4.78, 5) is 7.67. The van der Waals surface area contributed by atoms with Crippen LogP contribution in [0.15, 0.2) is 30.5 Å². The van der Waals surface area contributed by atoms with Crippen LogP contribution in [0.2, 0.25) is 5.15 Å². The molecule has 0 radical (unpaired) electrons. The van der Waals surface area contributed by atoms with Gasteiger partial charge in [0.2, 0.25) is 0 Å². The Balaban J connectivity index is 2.01. The van der Waals surface area contributed by atoms with Crippen LogP contribution in [0.1, 0.15) is 36.8 Å². The summed E-state index contributed by atoms with van der Waals surface area (Å²) < 4.78 is 2.06. The Labute approximate surface area is 134 Å². The molecule has 1 aromatic carbocycles. The first-order valence-electron chi connectivity index (χ1n) is 7.64. The fourth-order valence-electron chi connectivity index (χ4n) is 2.83. The van der Waals surface area contributed by atoms with Gasteiger partial charge in [0.25, 0.3) is 0 Å². The van der Waals surface area contributed by atoms with E-state index in [1.807, 2.05) is 12.3 Å². The van der Waals surface area contributed by atoms with Gasteiger partial charge in [-0.2, -0.15) is 0 Å². The van der Waals surface area contributed by atoms with Crippen molar-refractivity contribution in [3.63, 3.8) is 0 Å². The average molecular weight is 318 g/mol. The number of imidazole rings is 1. The summed E-state index contributed by atoms with van der Waals surface area (Å²) in [6.07, 6.45) is 4.98. The van der Waals surface area contributed by atoms with Gasteiger partial charge in [-0.05, 0) is 24.1 Å². The van der Waals surface area contributed by atoms with Crippen molar-refractivity contribution in [2.24, 2.45) is 0 Å². The molecule has 0 bridgehead atoms. The van der Waals surface area contributed by atoms with Crippen LogP contribution in [-0.2, 0) is 19.6 Å². The molecule has 4 nitrogen and oxygen atoms in total. The van der Waals surface area contributed by atoms with Crippen molar-refractivity contribution in [3.05, 3.63) is 52.7 Å². The van der Waals surface area contributed by atoms with Crippen LogP contribution in [0.3, 0.4) is 0 Å². The Bertz CT molecular complexity index is 775. The van der Waals surface area contributed by atoms with Crippen molar-refractivity contribution in [1.29, 1.82) is 0 Å².